The van der Waals surface area contributed by atoms with Crippen molar-refractivity contribution in [2.45, 2.75) is 18.7 Å². The van der Waals surface area contributed by atoms with Gasteiger partial charge in [-0.05, 0) is 5.92 Å². The van der Waals surface area contributed by atoms with Crippen molar-refractivity contribution in [3.8, 4) is 0 Å². The molecule has 2 N–H and O–H groups in total. The average molecular weight is 178 g/mol. The Hall–Kier alpha value is 0.0200. The monoisotopic (exact) mass is 177 g/mol. The Morgan fingerprint density at radius 2 is 2.00 bits per heavy atom. The quantitative estimate of drug-likeness (QED) is 0.642. The minimum atomic E-state index is 0.266. The van der Waals surface area contributed by atoms with Crippen LogP contribution >= 0.6 is 15.9 Å². The van der Waals surface area contributed by atoms with Crippen molar-refractivity contribution in [3.63, 3.8) is 0 Å². The Labute approximate surface area is 59.1 Å². The smallest absolute Gasteiger partial charge is 0.0557 e. The SMILES string of the molecule is C=C(N)C(Br)C(C)C. The zero-order valence-electron chi connectivity index (χ0n) is 5.32. The van der Waals surface area contributed by atoms with E-state index in [0.717, 1.165) is 0 Å². The molecule has 0 aromatic carbocycles. The lowest BCUT2D eigenvalue weighted by Gasteiger charge is -2.11. The summed E-state index contributed by atoms with van der Waals surface area (Å²) in [5.74, 6) is 0.535. The first-order valence-corrected chi connectivity index (χ1v) is 3.55. The molecule has 0 saturated heterocycles. The van der Waals surface area contributed by atoms with Crippen LogP contribution in [-0.2, 0) is 0 Å². The van der Waals surface area contributed by atoms with Gasteiger partial charge in [0.05, 0.1) is 4.83 Å². The molecule has 0 radical (unpaired) electrons. The van der Waals surface area contributed by atoms with Crippen LogP contribution in [0.25, 0.3) is 0 Å². The van der Waals surface area contributed by atoms with Gasteiger partial charge in [-0.3, -0.25) is 0 Å². The molecule has 0 bridgehead atoms. The predicted molar refractivity (Wildman–Crippen MR) is 40.9 cm³/mol. The van der Waals surface area contributed by atoms with E-state index in [-0.39, 0.29) is 4.83 Å². The van der Waals surface area contributed by atoms with E-state index in [1.165, 1.54) is 0 Å². The molecular weight excluding hydrogens is 166 g/mol. The van der Waals surface area contributed by atoms with Crippen molar-refractivity contribution in [3.05, 3.63) is 12.3 Å². The summed E-state index contributed by atoms with van der Waals surface area (Å²) in [6.45, 7) is 7.80. The fraction of sp³-hybridized carbons (Fsp3) is 0.667. The molecule has 0 aromatic heterocycles. The molecule has 0 spiro atoms. The molecule has 48 valence electrons. The number of hydrogen-bond acceptors (Lipinski definition) is 1. The highest BCUT2D eigenvalue weighted by Gasteiger charge is 2.08. The topological polar surface area (TPSA) is 26.0 Å². The molecule has 0 fully saturated rings. The maximum Gasteiger partial charge on any atom is 0.0557 e. The molecule has 0 saturated carbocycles. The van der Waals surface area contributed by atoms with Crippen LogP contribution in [0.15, 0.2) is 12.3 Å². The largest absolute Gasteiger partial charge is 0.402 e. The summed E-state index contributed by atoms with van der Waals surface area (Å²) in [4.78, 5) is 0.266. The second kappa shape index (κ2) is 3.13. The van der Waals surface area contributed by atoms with E-state index >= 15 is 0 Å². The first kappa shape index (κ1) is 8.02. The van der Waals surface area contributed by atoms with Gasteiger partial charge in [-0.25, -0.2) is 0 Å². The van der Waals surface area contributed by atoms with Crippen LogP contribution in [0, 0.1) is 5.92 Å². The molecule has 0 aliphatic rings. The Balaban J connectivity index is 3.64. The minimum Gasteiger partial charge on any atom is -0.402 e. The van der Waals surface area contributed by atoms with Gasteiger partial charge in [-0.15, -0.1) is 0 Å². The molecular formula is C6H12BrN. The van der Waals surface area contributed by atoms with Gasteiger partial charge >= 0.3 is 0 Å². The lowest BCUT2D eigenvalue weighted by molar-refractivity contribution is 0.663. The van der Waals surface area contributed by atoms with E-state index in [1.54, 1.807) is 0 Å². The zero-order chi connectivity index (χ0) is 6.73. The number of rotatable bonds is 2. The summed E-state index contributed by atoms with van der Waals surface area (Å²) in [6.07, 6.45) is 0. The van der Waals surface area contributed by atoms with E-state index in [2.05, 4.69) is 36.4 Å². The molecule has 0 amide bonds. The fourth-order valence-electron chi connectivity index (χ4n) is 0.428. The van der Waals surface area contributed by atoms with Crippen LogP contribution in [-0.4, -0.2) is 4.83 Å². The Morgan fingerprint density at radius 1 is 1.62 bits per heavy atom. The number of hydrogen-bond donors (Lipinski definition) is 1. The van der Waals surface area contributed by atoms with Gasteiger partial charge in [-0.2, -0.15) is 0 Å². The van der Waals surface area contributed by atoms with Gasteiger partial charge in [0.2, 0.25) is 0 Å². The highest BCUT2D eigenvalue weighted by Crippen LogP contribution is 2.15. The van der Waals surface area contributed by atoms with Gasteiger partial charge in [0.1, 0.15) is 0 Å². The second-order valence-corrected chi connectivity index (χ2v) is 3.21. The lowest BCUT2D eigenvalue weighted by Crippen LogP contribution is -2.15. The van der Waals surface area contributed by atoms with Crippen molar-refractivity contribution >= 4 is 15.9 Å². The molecule has 2 heteroatoms. The van der Waals surface area contributed by atoms with Crippen LogP contribution in [0.2, 0.25) is 0 Å². The molecule has 1 nitrogen and oxygen atoms in total. The Bertz CT molecular complexity index is 88.5. The normalized spacial score (nSPS) is 14.0. The Kier molecular flexibility index (Phi) is 3.13. The lowest BCUT2D eigenvalue weighted by atomic mass is 10.1. The highest BCUT2D eigenvalue weighted by molar-refractivity contribution is 9.09. The van der Waals surface area contributed by atoms with Crippen LogP contribution in [0.5, 0.6) is 0 Å². The molecule has 0 aliphatic heterocycles. The first-order valence-electron chi connectivity index (χ1n) is 2.64. The molecule has 0 aliphatic carbocycles. The second-order valence-electron chi connectivity index (χ2n) is 2.22. The molecule has 0 heterocycles. The van der Waals surface area contributed by atoms with Gasteiger partial charge in [-0.1, -0.05) is 36.4 Å². The third kappa shape index (κ3) is 2.36. The van der Waals surface area contributed by atoms with E-state index < -0.39 is 0 Å². The summed E-state index contributed by atoms with van der Waals surface area (Å²) in [7, 11) is 0. The van der Waals surface area contributed by atoms with Crippen molar-refractivity contribution in [2.24, 2.45) is 11.7 Å². The number of alkyl halides is 1. The highest BCUT2D eigenvalue weighted by atomic mass is 79.9. The predicted octanol–water partition coefficient (Wildman–Crippen LogP) is 1.88. The molecule has 0 aromatic rings. The van der Waals surface area contributed by atoms with Crippen molar-refractivity contribution in [1.82, 2.24) is 0 Å². The summed E-state index contributed by atoms with van der Waals surface area (Å²) in [5, 5.41) is 0. The van der Waals surface area contributed by atoms with Crippen LogP contribution in [0.1, 0.15) is 13.8 Å². The molecule has 8 heavy (non-hydrogen) atoms. The molecule has 1 unspecified atom stereocenters. The van der Waals surface area contributed by atoms with Crippen molar-refractivity contribution in [1.29, 1.82) is 0 Å². The maximum atomic E-state index is 5.40. The first-order chi connectivity index (χ1) is 3.55. The third-order valence-electron chi connectivity index (χ3n) is 0.940. The van der Waals surface area contributed by atoms with Crippen LogP contribution in [0.3, 0.4) is 0 Å². The van der Waals surface area contributed by atoms with Gasteiger partial charge in [0.25, 0.3) is 0 Å². The number of nitrogens with two attached hydrogens (primary N) is 1. The van der Waals surface area contributed by atoms with E-state index in [9.17, 15) is 0 Å². The maximum absolute atomic E-state index is 5.40. The number of halogens is 1. The van der Waals surface area contributed by atoms with Gasteiger partial charge < -0.3 is 5.73 Å². The average Bonchev–Trinajstić information content (AvgIpc) is 1.64. The fourth-order valence-corrected chi connectivity index (χ4v) is 0.428. The van der Waals surface area contributed by atoms with E-state index in [4.69, 9.17) is 5.73 Å². The number of allylic oxidation sites excluding steroid dienone is 1. The minimum absolute atomic E-state index is 0.266. The van der Waals surface area contributed by atoms with Crippen LogP contribution in [0.4, 0.5) is 0 Å². The molecule has 0 rings (SSSR count). The van der Waals surface area contributed by atoms with E-state index in [1.807, 2.05) is 0 Å². The van der Waals surface area contributed by atoms with Crippen molar-refractivity contribution in [2.75, 3.05) is 0 Å². The summed E-state index contributed by atoms with van der Waals surface area (Å²) >= 11 is 3.38. The summed E-state index contributed by atoms with van der Waals surface area (Å²) in [6, 6.07) is 0. The Morgan fingerprint density at radius 3 is 2.00 bits per heavy atom. The van der Waals surface area contributed by atoms with Gasteiger partial charge in [0.15, 0.2) is 0 Å². The molecule has 1 atom stereocenters. The third-order valence-corrected chi connectivity index (χ3v) is 2.58. The standard InChI is InChI=1S/C6H12BrN/c1-4(2)6(7)5(3)8/h4,6H,3,8H2,1-2H3. The van der Waals surface area contributed by atoms with Gasteiger partial charge in [0, 0.05) is 5.70 Å². The zero-order valence-corrected chi connectivity index (χ0v) is 6.90. The summed E-state index contributed by atoms with van der Waals surface area (Å²) < 4.78 is 0. The van der Waals surface area contributed by atoms with Crippen LogP contribution < -0.4 is 5.73 Å². The summed E-state index contributed by atoms with van der Waals surface area (Å²) in [5.41, 5.74) is 6.10. The van der Waals surface area contributed by atoms with E-state index in [0.29, 0.717) is 11.6 Å². The van der Waals surface area contributed by atoms with Crippen molar-refractivity contribution < 1.29 is 0 Å².